The van der Waals surface area contributed by atoms with Gasteiger partial charge < -0.3 is 15.4 Å². The van der Waals surface area contributed by atoms with Crippen molar-refractivity contribution in [3.63, 3.8) is 0 Å². The Bertz CT molecular complexity index is 769. The van der Waals surface area contributed by atoms with Crippen LogP contribution in [0, 0.1) is 0 Å². The first kappa shape index (κ1) is 15.6. The largest absolute Gasteiger partial charge is 0.399 e. The number of hydrogen-bond donors (Lipinski definition) is 2. The van der Waals surface area contributed by atoms with Crippen molar-refractivity contribution >= 4 is 27.1 Å². The number of para-hydroxylation sites is 2. The summed E-state index contributed by atoms with van der Waals surface area (Å²) in [5, 5.41) is 0. The van der Waals surface area contributed by atoms with Crippen LogP contribution in [0.15, 0.2) is 53.4 Å². The van der Waals surface area contributed by atoms with Crippen molar-refractivity contribution in [3.8, 4) is 0 Å². The number of ether oxygens (including phenoxy) is 1. The average Bonchev–Trinajstić information content (AvgIpc) is 2.56. The van der Waals surface area contributed by atoms with Crippen LogP contribution in [0.5, 0.6) is 0 Å². The Labute approximate surface area is 135 Å². The molecule has 23 heavy (non-hydrogen) atoms. The van der Waals surface area contributed by atoms with Gasteiger partial charge in [-0.05, 0) is 36.4 Å². The number of benzene rings is 2. The van der Waals surface area contributed by atoms with Crippen LogP contribution in [0.2, 0.25) is 0 Å². The Morgan fingerprint density at radius 2 is 1.65 bits per heavy atom. The van der Waals surface area contributed by atoms with Gasteiger partial charge >= 0.3 is 0 Å². The molecule has 0 spiro atoms. The molecule has 122 valence electrons. The summed E-state index contributed by atoms with van der Waals surface area (Å²) in [6.45, 7) is 2.75. The van der Waals surface area contributed by atoms with Crippen molar-refractivity contribution in [1.82, 2.24) is 0 Å². The minimum Gasteiger partial charge on any atom is -0.399 e. The average molecular weight is 333 g/mol. The molecule has 0 unspecified atom stereocenters. The van der Waals surface area contributed by atoms with E-state index in [-0.39, 0.29) is 4.90 Å². The number of nitrogens with zero attached hydrogens (tertiary/aromatic N) is 1. The van der Waals surface area contributed by atoms with Gasteiger partial charge in [0.2, 0.25) is 0 Å². The third kappa shape index (κ3) is 3.57. The highest BCUT2D eigenvalue weighted by molar-refractivity contribution is 7.92. The van der Waals surface area contributed by atoms with Crippen molar-refractivity contribution in [2.45, 2.75) is 4.90 Å². The molecule has 2 aromatic carbocycles. The minimum atomic E-state index is -3.65. The molecule has 6 nitrogen and oxygen atoms in total. The van der Waals surface area contributed by atoms with Crippen molar-refractivity contribution in [1.29, 1.82) is 0 Å². The number of hydrogen-bond acceptors (Lipinski definition) is 5. The van der Waals surface area contributed by atoms with Gasteiger partial charge in [-0.1, -0.05) is 12.1 Å². The molecule has 0 saturated carbocycles. The monoisotopic (exact) mass is 333 g/mol. The summed E-state index contributed by atoms with van der Waals surface area (Å²) in [6.07, 6.45) is 0. The van der Waals surface area contributed by atoms with E-state index in [9.17, 15) is 8.42 Å². The van der Waals surface area contributed by atoms with Gasteiger partial charge in [0.1, 0.15) is 0 Å². The molecular formula is C16H19N3O3S. The van der Waals surface area contributed by atoms with Crippen LogP contribution in [-0.4, -0.2) is 34.7 Å². The Hall–Kier alpha value is -2.25. The van der Waals surface area contributed by atoms with Crippen LogP contribution in [0.4, 0.5) is 17.1 Å². The lowest BCUT2D eigenvalue weighted by molar-refractivity contribution is 0.123. The molecule has 0 bridgehead atoms. The van der Waals surface area contributed by atoms with E-state index in [1.165, 1.54) is 12.1 Å². The number of anilines is 3. The van der Waals surface area contributed by atoms with E-state index < -0.39 is 10.0 Å². The lowest BCUT2D eigenvalue weighted by Crippen LogP contribution is -2.36. The van der Waals surface area contributed by atoms with Gasteiger partial charge in [-0.3, -0.25) is 4.72 Å². The quantitative estimate of drug-likeness (QED) is 0.835. The second kappa shape index (κ2) is 6.47. The number of nitrogens with two attached hydrogens (primary N) is 1. The first-order valence-electron chi connectivity index (χ1n) is 7.36. The van der Waals surface area contributed by atoms with Crippen LogP contribution in [0.1, 0.15) is 0 Å². The smallest absolute Gasteiger partial charge is 0.261 e. The Morgan fingerprint density at radius 1 is 1.00 bits per heavy atom. The van der Waals surface area contributed by atoms with Gasteiger partial charge in [-0.15, -0.1) is 0 Å². The van der Waals surface area contributed by atoms with Crippen LogP contribution in [0.25, 0.3) is 0 Å². The molecule has 0 aliphatic carbocycles. The van der Waals surface area contributed by atoms with E-state index >= 15 is 0 Å². The zero-order valence-electron chi connectivity index (χ0n) is 12.6. The standard InChI is InChI=1S/C16H19N3O3S/c17-13-5-7-14(8-6-13)23(20,21)18-15-3-1-2-4-16(15)19-9-11-22-12-10-19/h1-8,18H,9-12,17H2. The van der Waals surface area contributed by atoms with E-state index in [4.69, 9.17) is 10.5 Å². The zero-order chi connectivity index (χ0) is 16.3. The normalized spacial score (nSPS) is 15.4. The molecule has 7 heteroatoms. The molecule has 0 aromatic heterocycles. The highest BCUT2D eigenvalue weighted by Gasteiger charge is 2.19. The van der Waals surface area contributed by atoms with Crippen LogP contribution in [-0.2, 0) is 14.8 Å². The molecule has 1 fully saturated rings. The first-order chi connectivity index (χ1) is 11.1. The molecule has 1 aliphatic rings. The first-order valence-corrected chi connectivity index (χ1v) is 8.85. The minimum absolute atomic E-state index is 0.184. The van der Waals surface area contributed by atoms with Gasteiger partial charge in [0.05, 0.1) is 29.5 Å². The van der Waals surface area contributed by atoms with E-state index in [1.54, 1.807) is 18.2 Å². The SMILES string of the molecule is Nc1ccc(S(=O)(=O)Nc2ccccc2N2CCOCC2)cc1. The fourth-order valence-corrected chi connectivity index (χ4v) is 3.56. The maximum Gasteiger partial charge on any atom is 0.261 e. The third-order valence-corrected chi connectivity index (χ3v) is 5.07. The summed E-state index contributed by atoms with van der Waals surface area (Å²) in [4.78, 5) is 2.30. The van der Waals surface area contributed by atoms with Gasteiger partial charge in [0.15, 0.2) is 0 Å². The maximum absolute atomic E-state index is 12.6. The molecule has 0 radical (unpaired) electrons. The topological polar surface area (TPSA) is 84.7 Å². The fraction of sp³-hybridized carbons (Fsp3) is 0.250. The van der Waals surface area contributed by atoms with Crippen LogP contribution < -0.4 is 15.4 Å². The zero-order valence-corrected chi connectivity index (χ0v) is 13.4. The second-order valence-corrected chi connectivity index (χ2v) is 6.97. The predicted octanol–water partition coefficient (Wildman–Crippen LogP) is 1.91. The maximum atomic E-state index is 12.6. The number of morpholine rings is 1. The summed E-state index contributed by atoms with van der Waals surface area (Å²) in [6, 6.07) is 13.5. The number of nitrogens with one attached hydrogen (secondary N) is 1. The highest BCUT2D eigenvalue weighted by atomic mass is 32.2. The van der Waals surface area contributed by atoms with Gasteiger partial charge in [-0.25, -0.2) is 8.42 Å². The number of nitrogen functional groups attached to an aromatic ring is 1. The lowest BCUT2D eigenvalue weighted by atomic mass is 10.2. The molecule has 1 aliphatic heterocycles. The lowest BCUT2D eigenvalue weighted by Gasteiger charge is -2.30. The van der Waals surface area contributed by atoms with Crippen molar-refractivity contribution in [3.05, 3.63) is 48.5 Å². The van der Waals surface area contributed by atoms with Gasteiger partial charge in [0, 0.05) is 18.8 Å². The fourth-order valence-electron chi connectivity index (χ4n) is 2.49. The predicted molar refractivity (Wildman–Crippen MR) is 91.1 cm³/mol. The van der Waals surface area contributed by atoms with Crippen molar-refractivity contribution in [2.24, 2.45) is 0 Å². The van der Waals surface area contributed by atoms with Crippen molar-refractivity contribution < 1.29 is 13.2 Å². The molecule has 3 N–H and O–H groups in total. The molecular weight excluding hydrogens is 314 g/mol. The molecule has 0 amide bonds. The molecule has 1 heterocycles. The van der Waals surface area contributed by atoms with Crippen molar-refractivity contribution in [2.75, 3.05) is 41.7 Å². The summed E-state index contributed by atoms with van der Waals surface area (Å²) >= 11 is 0. The van der Waals surface area contributed by atoms with Gasteiger partial charge in [0.25, 0.3) is 10.0 Å². The van der Waals surface area contributed by atoms with Gasteiger partial charge in [-0.2, -0.15) is 0 Å². The van der Waals surface area contributed by atoms with E-state index in [1.807, 2.05) is 18.2 Å². The Morgan fingerprint density at radius 3 is 2.35 bits per heavy atom. The van der Waals surface area contributed by atoms with E-state index in [0.29, 0.717) is 24.6 Å². The van der Waals surface area contributed by atoms with Crippen LogP contribution >= 0.6 is 0 Å². The Balaban J connectivity index is 1.89. The van der Waals surface area contributed by atoms with E-state index in [0.717, 1.165) is 18.8 Å². The Kier molecular flexibility index (Phi) is 4.40. The summed E-state index contributed by atoms with van der Waals surface area (Å²) in [5.41, 5.74) is 7.55. The molecule has 2 aromatic rings. The summed E-state index contributed by atoms with van der Waals surface area (Å²) in [7, 11) is -3.65. The highest BCUT2D eigenvalue weighted by Crippen LogP contribution is 2.28. The summed E-state index contributed by atoms with van der Waals surface area (Å²) < 4.78 is 33.1. The number of sulfonamides is 1. The third-order valence-electron chi connectivity index (χ3n) is 3.69. The summed E-state index contributed by atoms with van der Waals surface area (Å²) in [5.74, 6) is 0. The number of rotatable bonds is 4. The molecule has 3 rings (SSSR count). The second-order valence-electron chi connectivity index (χ2n) is 5.29. The molecule has 0 atom stereocenters. The van der Waals surface area contributed by atoms with E-state index in [2.05, 4.69) is 9.62 Å². The van der Waals surface area contributed by atoms with Crippen LogP contribution in [0.3, 0.4) is 0 Å². The molecule has 1 saturated heterocycles.